The molecule has 3 heteroatoms. The zero-order valence-electron chi connectivity index (χ0n) is 10.5. The molecule has 0 amide bonds. The molecule has 0 spiro atoms. The van der Waals surface area contributed by atoms with Gasteiger partial charge < -0.3 is 5.21 Å². The molecule has 2 aromatic rings. The largest absolute Gasteiger partial charge is 0.410 e. The van der Waals surface area contributed by atoms with Crippen molar-refractivity contribution in [2.75, 3.05) is 0 Å². The number of oxime groups is 1. The average Bonchev–Trinajstić information content (AvgIpc) is 2.48. The molecule has 0 aliphatic heterocycles. The first-order valence-corrected chi connectivity index (χ1v) is 6.09. The quantitative estimate of drug-likeness (QED) is 0.514. The van der Waals surface area contributed by atoms with E-state index in [1.807, 2.05) is 42.5 Å². The molecular formula is C16H14N2O. The fourth-order valence-corrected chi connectivity index (χ4v) is 2.03. The van der Waals surface area contributed by atoms with Crippen LogP contribution in [0.15, 0.2) is 59.8 Å². The Balaban J connectivity index is 2.20. The Hall–Kier alpha value is -2.60. The van der Waals surface area contributed by atoms with Gasteiger partial charge in [-0.2, -0.15) is 5.26 Å². The van der Waals surface area contributed by atoms with Crippen molar-refractivity contribution in [2.24, 2.45) is 5.16 Å². The van der Waals surface area contributed by atoms with Crippen LogP contribution in [0.3, 0.4) is 0 Å². The molecule has 1 N–H and O–H groups in total. The predicted molar refractivity (Wildman–Crippen MR) is 74.2 cm³/mol. The molecule has 3 nitrogen and oxygen atoms in total. The smallest absolute Gasteiger partial charge is 0.186 e. The summed E-state index contributed by atoms with van der Waals surface area (Å²) in [4.78, 5) is 0. The summed E-state index contributed by atoms with van der Waals surface area (Å²) in [6.45, 7) is 0. The Morgan fingerprint density at radius 2 is 1.68 bits per heavy atom. The van der Waals surface area contributed by atoms with Crippen molar-refractivity contribution < 1.29 is 5.21 Å². The van der Waals surface area contributed by atoms with E-state index in [4.69, 9.17) is 10.5 Å². The molecule has 0 aliphatic carbocycles. The minimum absolute atomic E-state index is 0.0589. The van der Waals surface area contributed by atoms with E-state index in [1.54, 1.807) is 6.07 Å². The van der Waals surface area contributed by atoms with E-state index >= 15 is 0 Å². The lowest BCUT2D eigenvalue weighted by atomic mass is 9.97. The first kappa shape index (κ1) is 12.8. The Kier molecular flexibility index (Phi) is 4.30. The standard InChI is InChI=1S/C16H14N2O/c17-12-16(18-19)15-9-5-4-8-14(15)11-10-13-6-2-1-3-7-13/h1-9,19H,10-11H2/b18-16-. The number of nitriles is 1. The van der Waals surface area contributed by atoms with Crippen LogP contribution in [0.1, 0.15) is 16.7 Å². The molecule has 0 radical (unpaired) electrons. The van der Waals surface area contributed by atoms with Crippen molar-refractivity contribution in [3.05, 3.63) is 71.3 Å². The summed E-state index contributed by atoms with van der Waals surface area (Å²) in [7, 11) is 0. The second kappa shape index (κ2) is 6.36. The Bertz CT molecular complexity index is 612. The summed E-state index contributed by atoms with van der Waals surface area (Å²) in [6.07, 6.45) is 1.70. The molecule has 0 heterocycles. The lowest BCUT2D eigenvalue weighted by molar-refractivity contribution is 0.320. The molecule has 0 atom stereocenters. The van der Waals surface area contributed by atoms with Crippen LogP contribution in [0.5, 0.6) is 0 Å². The van der Waals surface area contributed by atoms with Crippen LogP contribution in [-0.4, -0.2) is 10.9 Å². The van der Waals surface area contributed by atoms with Crippen LogP contribution >= 0.6 is 0 Å². The molecule has 0 saturated heterocycles. The van der Waals surface area contributed by atoms with Gasteiger partial charge in [-0.25, -0.2) is 0 Å². The number of benzene rings is 2. The van der Waals surface area contributed by atoms with Crippen LogP contribution in [0.4, 0.5) is 0 Å². The SMILES string of the molecule is N#C/C(=N/O)c1ccccc1CCc1ccccc1. The van der Waals surface area contributed by atoms with Crippen LogP contribution in [0.2, 0.25) is 0 Å². The molecule has 0 aromatic heterocycles. The van der Waals surface area contributed by atoms with Crippen molar-refractivity contribution in [3.8, 4) is 6.07 Å². The molecular weight excluding hydrogens is 236 g/mol. The van der Waals surface area contributed by atoms with Gasteiger partial charge in [0.1, 0.15) is 6.07 Å². The Morgan fingerprint density at radius 3 is 2.37 bits per heavy atom. The van der Waals surface area contributed by atoms with Crippen molar-refractivity contribution >= 4 is 5.71 Å². The second-order valence-electron chi connectivity index (χ2n) is 4.20. The van der Waals surface area contributed by atoms with Gasteiger partial charge in [-0.15, -0.1) is 0 Å². The summed E-state index contributed by atoms with van der Waals surface area (Å²) in [5, 5.41) is 20.9. The highest BCUT2D eigenvalue weighted by atomic mass is 16.4. The van der Waals surface area contributed by atoms with Gasteiger partial charge in [0.25, 0.3) is 0 Å². The summed E-state index contributed by atoms with van der Waals surface area (Å²) in [5.41, 5.74) is 3.02. The summed E-state index contributed by atoms with van der Waals surface area (Å²) < 4.78 is 0. The van der Waals surface area contributed by atoms with E-state index in [-0.39, 0.29) is 5.71 Å². The van der Waals surface area contributed by atoms with Gasteiger partial charge in [0, 0.05) is 5.56 Å². The zero-order chi connectivity index (χ0) is 13.5. The van der Waals surface area contributed by atoms with Gasteiger partial charge in [-0.3, -0.25) is 0 Å². The topological polar surface area (TPSA) is 56.4 Å². The highest BCUT2D eigenvalue weighted by Gasteiger charge is 2.08. The van der Waals surface area contributed by atoms with Gasteiger partial charge >= 0.3 is 0 Å². The number of nitrogens with zero attached hydrogens (tertiary/aromatic N) is 2. The summed E-state index contributed by atoms with van der Waals surface area (Å²) in [5.74, 6) is 0. The normalized spacial score (nSPS) is 11.0. The molecule has 0 fully saturated rings. The van der Waals surface area contributed by atoms with Crippen molar-refractivity contribution in [2.45, 2.75) is 12.8 Å². The number of hydrogen-bond donors (Lipinski definition) is 1. The minimum atomic E-state index is 0.0589. The maximum Gasteiger partial charge on any atom is 0.186 e. The van der Waals surface area contributed by atoms with Gasteiger partial charge in [0.15, 0.2) is 5.71 Å². The van der Waals surface area contributed by atoms with Crippen LogP contribution < -0.4 is 0 Å². The lowest BCUT2D eigenvalue weighted by Crippen LogP contribution is -2.04. The maximum absolute atomic E-state index is 8.95. The van der Waals surface area contributed by atoms with Crippen molar-refractivity contribution in [1.82, 2.24) is 0 Å². The van der Waals surface area contributed by atoms with E-state index in [1.165, 1.54) is 5.56 Å². The highest BCUT2D eigenvalue weighted by molar-refractivity contribution is 6.12. The summed E-state index contributed by atoms with van der Waals surface area (Å²) in [6, 6.07) is 19.6. The molecule has 0 aliphatic rings. The highest BCUT2D eigenvalue weighted by Crippen LogP contribution is 2.13. The molecule has 0 bridgehead atoms. The lowest BCUT2D eigenvalue weighted by Gasteiger charge is -2.07. The fraction of sp³-hybridized carbons (Fsp3) is 0.125. The third-order valence-corrected chi connectivity index (χ3v) is 3.00. The van der Waals surface area contributed by atoms with Gasteiger partial charge in [-0.1, -0.05) is 59.8 Å². The maximum atomic E-state index is 8.95. The van der Waals surface area contributed by atoms with Gasteiger partial charge in [0.2, 0.25) is 0 Å². The molecule has 2 aromatic carbocycles. The first-order valence-electron chi connectivity index (χ1n) is 6.09. The van der Waals surface area contributed by atoms with E-state index in [9.17, 15) is 0 Å². The number of hydrogen-bond acceptors (Lipinski definition) is 3. The molecule has 0 unspecified atom stereocenters. The first-order chi connectivity index (χ1) is 9.35. The van der Waals surface area contributed by atoms with E-state index < -0.39 is 0 Å². The average molecular weight is 250 g/mol. The van der Waals surface area contributed by atoms with E-state index in [0.717, 1.165) is 18.4 Å². The number of rotatable bonds is 4. The fourth-order valence-electron chi connectivity index (χ4n) is 2.03. The van der Waals surface area contributed by atoms with Crippen LogP contribution in [-0.2, 0) is 12.8 Å². The van der Waals surface area contributed by atoms with Gasteiger partial charge in [-0.05, 0) is 24.0 Å². The van der Waals surface area contributed by atoms with Crippen LogP contribution in [0.25, 0.3) is 0 Å². The molecule has 94 valence electrons. The third-order valence-electron chi connectivity index (χ3n) is 3.00. The van der Waals surface area contributed by atoms with Crippen molar-refractivity contribution in [3.63, 3.8) is 0 Å². The van der Waals surface area contributed by atoms with E-state index in [2.05, 4.69) is 17.3 Å². The molecule has 19 heavy (non-hydrogen) atoms. The van der Waals surface area contributed by atoms with Crippen LogP contribution in [0, 0.1) is 11.3 Å². The molecule has 0 saturated carbocycles. The Labute approximate surface area is 112 Å². The second-order valence-corrected chi connectivity index (χ2v) is 4.20. The predicted octanol–water partition coefficient (Wildman–Crippen LogP) is 3.17. The van der Waals surface area contributed by atoms with Crippen molar-refractivity contribution in [1.29, 1.82) is 5.26 Å². The third kappa shape index (κ3) is 3.20. The molecule has 2 rings (SSSR count). The minimum Gasteiger partial charge on any atom is -0.410 e. The van der Waals surface area contributed by atoms with E-state index in [0.29, 0.717) is 5.56 Å². The zero-order valence-corrected chi connectivity index (χ0v) is 10.5. The monoisotopic (exact) mass is 250 g/mol. The van der Waals surface area contributed by atoms with Gasteiger partial charge in [0.05, 0.1) is 0 Å². The number of aryl methyl sites for hydroxylation is 2. The Morgan fingerprint density at radius 1 is 1.00 bits per heavy atom. The summed E-state index contributed by atoms with van der Waals surface area (Å²) >= 11 is 0.